The van der Waals surface area contributed by atoms with E-state index in [0.29, 0.717) is 18.9 Å². The van der Waals surface area contributed by atoms with E-state index in [-0.39, 0.29) is 30.8 Å². The summed E-state index contributed by atoms with van der Waals surface area (Å²) < 4.78 is 15.9. The van der Waals surface area contributed by atoms with Crippen molar-refractivity contribution in [3.05, 3.63) is 24.3 Å². The van der Waals surface area contributed by atoms with Crippen LogP contribution in [0.25, 0.3) is 0 Å². The van der Waals surface area contributed by atoms with Gasteiger partial charge in [0.1, 0.15) is 12.4 Å². The Bertz CT molecular complexity index is 508. The molecule has 1 aliphatic rings. The number of esters is 1. The lowest BCUT2D eigenvalue weighted by atomic mass is 10.2. The number of amides is 1. The van der Waals surface area contributed by atoms with Crippen molar-refractivity contribution in [2.24, 2.45) is 0 Å². The highest BCUT2D eigenvalue weighted by molar-refractivity contribution is 5.92. The monoisotopic (exact) mass is 321 g/mol. The zero-order valence-corrected chi connectivity index (χ0v) is 13.4. The second-order valence-electron chi connectivity index (χ2n) is 5.32. The molecule has 1 aliphatic heterocycles. The van der Waals surface area contributed by atoms with Crippen LogP contribution in [0.15, 0.2) is 24.3 Å². The molecule has 2 rings (SSSR count). The van der Waals surface area contributed by atoms with E-state index in [2.05, 4.69) is 5.32 Å². The highest BCUT2D eigenvalue weighted by atomic mass is 16.5. The molecule has 0 spiro atoms. The summed E-state index contributed by atoms with van der Waals surface area (Å²) in [5, 5.41) is 2.74. The number of hydrogen-bond donors (Lipinski definition) is 1. The molecule has 6 nitrogen and oxygen atoms in total. The molecule has 1 N–H and O–H groups in total. The average molecular weight is 321 g/mol. The molecule has 0 bridgehead atoms. The minimum atomic E-state index is -0.361. The van der Waals surface area contributed by atoms with Gasteiger partial charge in [-0.25, -0.2) is 0 Å². The average Bonchev–Trinajstić information content (AvgIpc) is 3.06. The molecule has 1 amide bonds. The molecule has 1 fully saturated rings. The fourth-order valence-corrected chi connectivity index (χ4v) is 2.27. The Balaban J connectivity index is 1.71. The Hall–Kier alpha value is -2.08. The van der Waals surface area contributed by atoms with Crippen LogP contribution in [-0.4, -0.2) is 37.8 Å². The Morgan fingerprint density at radius 1 is 1.26 bits per heavy atom. The third-order valence-electron chi connectivity index (χ3n) is 3.46. The van der Waals surface area contributed by atoms with Crippen LogP contribution in [0, 0.1) is 0 Å². The smallest absolute Gasteiger partial charge is 0.306 e. The van der Waals surface area contributed by atoms with Crippen molar-refractivity contribution in [2.75, 3.05) is 25.1 Å². The summed E-state index contributed by atoms with van der Waals surface area (Å²) in [4.78, 5) is 22.9. The summed E-state index contributed by atoms with van der Waals surface area (Å²) in [5.74, 6) is 0.164. The first-order valence-electron chi connectivity index (χ1n) is 7.97. The lowest BCUT2D eigenvalue weighted by Crippen LogP contribution is -2.16. The van der Waals surface area contributed by atoms with Crippen LogP contribution in [0.4, 0.5) is 5.69 Å². The molecule has 1 saturated heterocycles. The molecular weight excluding hydrogens is 298 g/mol. The van der Waals surface area contributed by atoms with Gasteiger partial charge in [-0.2, -0.15) is 0 Å². The van der Waals surface area contributed by atoms with Gasteiger partial charge in [0.15, 0.2) is 0 Å². The Morgan fingerprint density at radius 2 is 2.04 bits per heavy atom. The number of rotatable bonds is 8. The van der Waals surface area contributed by atoms with Crippen molar-refractivity contribution in [3.63, 3.8) is 0 Å². The van der Waals surface area contributed by atoms with Gasteiger partial charge in [0.25, 0.3) is 0 Å². The third-order valence-corrected chi connectivity index (χ3v) is 3.46. The highest BCUT2D eigenvalue weighted by Gasteiger charge is 2.15. The SMILES string of the molecule is CCOC(=O)CCC(=O)Nc1ccc(OC[C@@H]2CCCO2)cc1. The molecule has 0 aromatic heterocycles. The van der Waals surface area contributed by atoms with E-state index in [9.17, 15) is 9.59 Å². The minimum absolute atomic E-state index is 0.0856. The van der Waals surface area contributed by atoms with Gasteiger partial charge in [0.05, 0.1) is 19.1 Å². The first-order valence-corrected chi connectivity index (χ1v) is 7.97. The molecular formula is C17H23NO5. The largest absolute Gasteiger partial charge is 0.491 e. The first kappa shape index (κ1) is 17.3. The normalized spacial score (nSPS) is 16.8. The minimum Gasteiger partial charge on any atom is -0.491 e. The summed E-state index contributed by atoms with van der Waals surface area (Å²) in [7, 11) is 0. The zero-order chi connectivity index (χ0) is 16.5. The topological polar surface area (TPSA) is 73.9 Å². The molecule has 1 aromatic rings. The molecule has 126 valence electrons. The molecule has 0 radical (unpaired) electrons. The second kappa shape index (κ2) is 9.15. The van der Waals surface area contributed by atoms with Gasteiger partial charge in [-0.05, 0) is 44.0 Å². The van der Waals surface area contributed by atoms with E-state index < -0.39 is 0 Å². The fraction of sp³-hybridized carbons (Fsp3) is 0.529. The van der Waals surface area contributed by atoms with E-state index in [0.717, 1.165) is 25.2 Å². The summed E-state index contributed by atoms with van der Waals surface area (Å²) >= 11 is 0. The van der Waals surface area contributed by atoms with Crippen LogP contribution < -0.4 is 10.1 Å². The van der Waals surface area contributed by atoms with Crippen molar-refractivity contribution in [1.82, 2.24) is 0 Å². The highest BCUT2D eigenvalue weighted by Crippen LogP contribution is 2.18. The van der Waals surface area contributed by atoms with E-state index in [4.69, 9.17) is 14.2 Å². The van der Waals surface area contributed by atoms with Crippen LogP contribution in [0.1, 0.15) is 32.6 Å². The van der Waals surface area contributed by atoms with Gasteiger partial charge in [0.2, 0.25) is 5.91 Å². The number of benzene rings is 1. The van der Waals surface area contributed by atoms with Crippen LogP contribution in [0.5, 0.6) is 5.75 Å². The number of nitrogens with one attached hydrogen (secondary N) is 1. The zero-order valence-electron chi connectivity index (χ0n) is 13.4. The van der Waals surface area contributed by atoms with Gasteiger partial charge in [0, 0.05) is 18.7 Å². The van der Waals surface area contributed by atoms with Gasteiger partial charge in [-0.15, -0.1) is 0 Å². The van der Waals surface area contributed by atoms with E-state index >= 15 is 0 Å². The maximum Gasteiger partial charge on any atom is 0.306 e. The van der Waals surface area contributed by atoms with Gasteiger partial charge < -0.3 is 19.5 Å². The van der Waals surface area contributed by atoms with E-state index in [1.807, 2.05) is 0 Å². The number of carbonyl (C=O) groups excluding carboxylic acids is 2. The number of hydrogen-bond acceptors (Lipinski definition) is 5. The fourth-order valence-electron chi connectivity index (χ4n) is 2.27. The molecule has 1 aromatic carbocycles. The Morgan fingerprint density at radius 3 is 2.70 bits per heavy atom. The summed E-state index contributed by atoms with van der Waals surface area (Å²) in [5.41, 5.74) is 0.670. The Labute approximate surface area is 136 Å². The number of ether oxygens (including phenoxy) is 3. The summed E-state index contributed by atoms with van der Waals surface area (Å²) in [6.07, 6.45) is 2.50. The molecule has 23 heavy (non-hydrogen) atoms. The van der Waals surface area contributed by atoms with E-state index in [1.54, 1.807) is 31.2 Å². The maximum atomic E-state index is 11.7. The van der Waals surface area contributed by atoms with Crippen molar-refractivity contribution in [1.29, 1.82) is 0 Å². The van der Waals surface area contributed by atoms with Gasteiger partial charge in [-0.3, -0.25) is 9.59 Å². The number of anilines is 1. The lowest BCUT2D eigenvalue weighted by Gasteiger charge is -2.12. The van der Waals surface area contributed by atoms with E-state index in [1.165, 1.54) is 0 Å². The molecule has 0 saturated carbocycles. The molecule has 0 unspecified atom stereocenters. The van der Waals surface area contributed by atoms with Crippen molar-refractivity contribution >= 4 is 17.6 Å². The first-order chi connectivity index (χ1) is 11.2. The van der Waals surface area contributed by atoms with Crippen molar-refractivity contribution in [2.45, 2.75) is 38.7 Å². The van der Waals surface area contributed by atoms with Crippen LogP contribution >= 0.6 is 0 Å². The quantitative estimate of drug-likeness (QED) is 0.745. The maximum absolute atomic E-state index is 11.7. The predicted octanol–water partition coefficient (Wildman–Crippen LogP) is 2.53. The van der Waals surface area contributed by atoms with Crippen LogP contribution in [0.3, 0.4) is 0 Å². The molecule has 1 heterocycles. The second-order valence-corrected chi connectivity index (χ2v) is 5.32. The Kier molecular flexibility index (Phi) is 6.87. The molecule has 0 aliphatic carbocycles. The van der Waals surface area contributed by atoms with Crippen molar-refractivity contribution < 1.29 is 23.8 Å². The molecule has 1 atom stereocenters. The third kappa shape index (κ3) is 6.28. The van der Waals surface area contributed by atoms with Gasteiger partial charge >= 0.3 is 5.97 Å². The number of carbonyl (C=O) groups is 2. The summed E-state index contributed by atoms with van der Waals surface area (Å²) in [6.45, 7) is 3.42. The van der Waals surface area contributed by atoms with Crippen molar-refractivity contribution in [3.8, 4) is 5.75 Å². The standard InChI is InChI=1S/C17H23NO5/c1-2-21-17(20)10-9-16(19)18-13-5-7-14(8-6-13)23-12-15-4-3-11-22-15/h5-8,15H,2-4,9-12H2,1H3,(H,18,19)/t15-/m0/s1. The van der Waals surface area contributed by atoms with Crippen LogP contribution in [-0.2, 0) is 19.1 Å². The van der Waals surface area contributed by atoms with Gasteiger partial charge in [-0.1, -0.05) is 0 Å². The van der Waals surface area contributed by atoms with Crippen LogP contribution in [0.2, 0.25) is 0 Å². The lowest BCUT2D eigenvalue weighted by molar-refractivity contribution is -0.144. The predicted molar refractivity (Wildman–Crippen MR) is 85.4 cm³/mol. The molecule has 6 heteroatoms. The summed E-state index contributed by atoms with van der Waals surface area (Å²) in [6, 6.07) is 7.14.